The zero-order chi connectivity index (χ0) is 14.8. The first-order valence-electron chi connectivity index (χ1n) is 6.46. The molecule has 106 valence electrons. The van der Waals surface area contributed by atoms with Crippen LogP contribution in [0.5, 0.6) is 5.75 Å². The van der Waals surface area contributed by atoms with Gasteiger partial charge in [-0.25, -0.2) is 0 Å². The maximum absolute atomic E-state index is 5.96. The van der Waals surface area contributed by atoms with Gasteiger partial charge in [-0.05, 0) is 30.3 Å². The Labute approximate surface area is 133 Å². The average molecular weight is 317 g/mol. The fraction of sp³-hybridized carbons (Fsp3) is 0.125. The van der Waals surface area contributed by atoms with E-state index in [0.29, 0.717) is 16.6 Å². The molecule has 0 unspecified atom stereocenters. The minimum Gasteiger partial charge on any atom is -0.497 e. The van der Waals surface area contributed by atoms with Crippen molar-refractivity contribution in [1.29, 1.82) is 0 Å². The summed E-state index contributed by atoms with van der Waals surface area (Å²) in [7, 11) is 1.65. The molecule has 0 amide bonds. The van der Waals surface area contributed by atoms with Crippen LogP contribution >= 0.6 is 23.8 Å². The largest absolute Gasteiger partial charge is 0.497 e. The maximum atomic E-state index is 5.96. The molecular weight excluding hydrogens is 304 g/mol. The Balaban J connectivity index is 2.16. The predicted octanol–water partition coefficient (Wildman–Crippen LogP) is 3.94. The first-order valence-corrected chi connectivity index (χ1v) is 7.24. The average Bonchev–Trinajstić information content (AvgIpc) is 2.66. The Morgan fingerprint density at radius 2 is 1.95 bits per heavy atom. The molecule has 1 aliphatic heterocycles. The summed E-state index contributed by atoms with van der Waals surface area (Å²) >= 11 is 11.2. The van der Waals surface area contributed by atoms with E-state index in [1.807, 2.05) is 42.5 Å². The minimum atomic E-state index is 0.463. The van der Waals surface area contributed by atoms with Gasteiger partial charge in [0.25, 0.3) is 0 Å². The number of aliphatic imine (C=N–C) groups is 1. The van der Waals surface area contributed by atoms with Crippen molar-refractivity contribution < 1.29 is 4.74 Å². The van der Waals surface area contributed by atoms with E-state index in [4.69, 9.17) is 28.6 Å². The number of nitrogens with zero attached hydrogens (tertiary/aromatic N) is 1. The van der Waals surface area contributed by atoms with E-state index in [9.17, 15) is 0 Å². The van der Waals surface area contributed by atoms with Gasteiger partial charge >= 0.3 is 0 Å². The Hall–Kier alpha value is -1.91. The van der Waals surface area contributed by atoms with Crippen molar-refractivity contribution in [2.45, 2.75) is 0 Å². The number of ether oxygens (including phenoxy) is 1. The second-order valence-electron chi connectivity index (χ2n) is 4.63. The number of hydrogen-bond donors (Lipinski definition) is 1. The van der Waals surface area contributed by atoms with Gasteiger partial charge in [-0.1, -0.05) is 36.0 Å². The van der Waals surface area contributed by atoms with Crippen molar-refractivity contribution in [2.24, 2.45) is 4.99 Å². The number of fused-ring (bicyclic) bond motifs is 1. The molecule has 1 aliphatic rings. The summed E-state index contributed by atoms with van der Waals surface area (Å²) in [5, 5.41) is 3.92. The lowest BCUT2D eigenvalue weighted by atomic mass is 10.0. The molecule has 3 rings (SSSR count). The summed E-state index contributed by atoms with van der Waals surface area (Å²) in [5.41, 5.74) is 3.79. The van der Waals surface area contributed by atoms with Crippen molar-refractivity contribution >= 4 is 40.2 Å². The minimum absolute atomic E-state index is 0.463. The summed E-state index contributed by atoms with van der Waals surface area (Å²) in [6, 6.07) is 13.4. The van der Waals surface area contributed by atoms with Gasteiger partial charge in [0, 0.05) is 21.8 Å². The standard InChI is InChI=1S/C16H13ClN2OS/c1-20-12-6-7-14-13(8-12)16(18-9-15(21)19-14)10-2-4-11(17)5-3-10/h2-8H,9H2,1H3,(H,19,21). The van der Waals surface area contributed by atoms with Crippen molar-refractivity contribution in [3.8, 4) is 5.75 Å². The Kier molecular flexibility index (Phi) is 3.90. The number of thiocarbonyl (C=S) groups is 1. The van der Waals surface area contributed by atoms with Crippen LogP contribution in [0, 0.1) is 0 Å². The third-order valence-corrected chi connectivity index (χ3v) is 3.74. The zero-order valence-corrected chi connectivity index (χ0v) is 13.0. The molecule has 0 spiro atoms. The molecule has 2 aromatic rings. The number of rotatable bonds is 2. The van der Waals surface area contributed by atoms with Crippen molar-refractivity contribution in [1.82, 2.24) is 0 Å². The summed E-state index contributed by atoms with van der Waals surface area (Å²) in [5.74, 6) is 0.782. The SMILES string of the molecule is COc1ccc2c(c1)C(c1ccc(Cl)cc1)=NCC(=S)N2. The normalized spacial score (nSPS) is 13.8. The van der Waals surface area contributed by atoms with Crippen molar-refractivity contribution in [2.75, 3.05) is 19.0 Å². The topological polar surface area (TPSA) is 33.6 Å². The van der Waals surface area contributed by atoms with Gasteiger partial charge in [-0.15, -0.1) is 0 Å². The van der Waals surface area contributed by atoms with Gasteiger partial charge in [0.15, 0.2) is 0 Å². The summed E-state index contributed by atoms with van der Waals surface area (Å²) in [6.45, 7) is 0.463. The summed E-state index contributed by atoms with van der Waals surface area (Å²) in [4.78, 5) is 5.33. The number of benzodiazepines with no additional fused rings is 1. The number of benzene rings is 2. The first-order chi connectivity index (χ1) is 10.2. The quantitative estimate of drug-likeness (QED) is 0.852. The molecule has 3 nitrogen and oxygen atoms in total. The van der Waals surface area contributed by atoms with E-state index in [1.54, 1.807) is 7.11 Å². The van der Waals surface area contributed by atoms with Crippen LogP contribution < -0.4 is 10.1 Å². The molecular formula is C16H13ClN2OS. The highest BCUT2D eigenvalue weighted by atomic mass is 35.5. The molecule has 0 aliphatic carbocycles. The molecule has 1 heterocycles. The van der Waals surface area contributed by atoms with Gasteiger partial charge in [-0.3, -0.25) is 4.99 Å². The lowest BCUT2D eigenvalue weighted by Crippen LogP contribution is -2.10. The van der Waals surface area contributed by atoms with Crippen LogP contribution in [-0.4, -0.2) is 24.4 Å². The number of methoxy groups -OCH3 is 1. The lowest BCUT2D eigenvalue weighted by Gasteiger charge is -2.12. The van der Waals surface area contributed by atoms with Gasteiger partial charge in [-0.2, -0.15) is 0 Å². The maximum Gasteiger partial charge on any atom is 0.119 e. The monoisotopic (exact) mass is 316 g/mol. The molecule has 0 aromatic heterocycles. The Morgan fingerprint density at radius 3 is 2.67 bits per heavy atom. The van der Waals surface area contributed by atoms with Crippen LogP contribution in [0.25, 0.3) is 0 Å². The number of halogens is 1. The van der Waals surface area contributed by atoms with E-state index in [1.165, 1.54) is 0 Å². The predicted molar refractivity (Wildman–Crippen MR) is 91.2 cm³/mol. The second-order valence-corrected chi connectivity index (χ2v) is 5.56. The molecule has 0 fully saturated rings. The van der Waals surface area contributed by atoms with Crippen molar-refractivity contribution in [3.63, 3.8) is 0 Å². The molecule has 0 saturated carbocycles. The van der Waals surface area contributed by atoms with Crippen molar-refractivity contribution in [3.05, 3.63) is 58.6 Å². The van der Waals surface area contributed by atoms with Crippen LogP contribution in [0.15, 0.2) is 47.5 Å². The summed E-state index contributed by atoms with van der Waals surface area (Å²) in [6.07, 6.45) is 0. The fourth-order valence-electron chi connectivity index (χ4n) is 2.24. The molecule has 1 N–H and O–H groups in total. The third-order valence-electron chi connectivity index (χ3n) is 3.25. The van der Waals surface area contributed by atoms with Crippen LogP contribution in [0.4, 0.5) is 5.69 Å². The van der Waals surface area contributed by atoms with E-state index < -0.39 is 0 Å². The Morgan fingerprint density at radius 1 is 1.19 bits per heavy atom. The first kappa shape index (κ1) is 14.0. The van der Waals surface area contributed by atoms with E-state index >= 15 is 0 Å². The highest BCUT2D eigenvalue weighted by Crippen LogP contribution is 2.27. The number of anilines is 1. The molecule has 2 aromatic carbocycles. The lowest BCUT2D eigenvalue weighted by molar-refractivity contribution is 0.415. The van der Waals surface area contributed by atoms with E-state index in [2.05, 4.69) is 10.3 Å². The third kappa shape index (κ3) is 2.91. The van der Waals surface area contributed by atoms with E-state index in [-0.39, 0.29) is 0 Å². The van der Waals surface area contributed by atoms with Gasteiger partial charge in [0.1, 0.15) is 10.7 Å². The molecule has 21 heavy (non-hydrogen) atoms. The van der Waals surface area contributed by atoms with Gasteiger partial charge < -0.3 is 10.1 Å². The van der Waals surface area contributed by atoms with Gasteiger partial charge in [0.05, 0.1) is 19.4 Å². The fourth-order valence-corrected chi connectivity index (χ4v) is 2.54. The number of nitrogens with one attached hydrogen (secondary N) is 1. The molecule has 0 atom stereocenters. The highest BCUT2D eigenvalue weighted by molar-refractivity contribution is 7.80. The highest BCUT2D eigenvalue weighted by Gasteiger charge is 2.17. The molecule has 0 radical (unpaired) electrons. The van der Waals surface area contributed by atoms with Crippen LogP contribution in [0.2, 0.25) is 5.02 Å². The second kappa shape index (κ2) is 5.84. The van der Waals surface area contributed by atoms with Crippen LogP contribution in [0.3, 0.4) is 0 Å². The van der Waals surface area contributed by atoms with Crippen LogP contribution in [-0.2, 0) is 0 Å². The van der Waals surface area contributed by atoms with Crippen LogP contribution in [0.1, 0.15) is 11.1 Å². The molecule has 0 bridgehead atoms. The van der Waals surface area contributed by atoms with Gasteiger partial charge in [0.2, 0.25) is 0 Å². The summed E-state index contributed by atoms with van der Waals surface area (Å²) < 4.78 is 5.31. The zero-order valence-electron chi connectivity index (χ0n) is 11.4. The molecule has 5 heteroatoms. The molecule has 0 saturated heterocycles. The Bertz CT molecular complexity index is 726. The number of hydrogen-bond acceptors (Lipinski definition) is 3. The van der Waals surface area contributed by atoms with E-state index in [0.717, 1.165) is 28.3 Å². The smallest absolute Gasteiger partial charge is 0.119 e.